The number of ketones is 2. The molecule has 0 aromatic heterocycles. The first-order chi connectivity index (χ1) is 18.4. The van der Waals surface area contributed by atoms with Gasteiger partial charge in [0.1, 0.15) is 35.9 Å². The average Bonchev–Trinajstić information content (AvgIpc) is 2.89. The van der Waals surface area contributed by atoms with E-state index in [4.69, 9.17) is 14.2 Å². The highest BCUT2D eigenvalue weighted by molar-refractivity contribution is 5.96. The van der Waals surface area contributed by atoms with E-state index in [0.717, 1.165) is 0 Å². The maximum absolute atomic E-state index is 13.1. The van der Waals surface area contributed by atoms with Gasteiger partial charge in [0.25, 0.3) is 0 Å². The van der Waals surface area contributed by atoms with Crippen molar-refractivity contribution in [3.8, 4) is 17.2 Å². The number of carbonyl (C=O) groups excluding carboxylic acids is 4. The maximum Gasteiger partial charge on any atom is 0.305 e. The summed E-state index contributed by atoms with van der Waals surface area (Å²) in [4.78, 5) is 61.9. The molecule has 2 aromatic carbocycles. The van der Waals surface area contributed by atoms with E-state index >= 15 is 0 Å². The molecule has 2 aromatic rings. The summed E-state index contributed by atoms with van der Waals surface area (Å²) in [5, 5.41) is 14.4. The second-order valence-electron chi connectivity index (χ2n) is 9.14. The van der Waals surface area contributed by atoms with Gasteiger partial charge in [0.05, 0.1) is 27.1 Å². The summed E-state index contributed by atoms with van der Waals surface area (Å²) in [5.74, 6) is -2.39. The zero-order chi connectivity index (χ0) is 29.1. The molecule has 0 saturated carbocycles. The molecule has 0 radical (unpaired) electrons. The quantitative estimate of drug-likeness (QED) is 0.287. The molecule has 0 fully saturated rings. The second kappa shape index (κ2) is 14.5. The maximum atomic E-state index is 13.1. The van der Waals surface area contributed by atoms with Crippen molar-refractivity contribution in [3.05, 3.63) is 53.6 Å². The fourth-order valence-corrected chi connectivity index (χ4v) is 3.68. The molecule has 0 aliphatic carbocycles. The third-order valence-corrected chi connectivity index (χ3v) is 5.83. The van der Waals surface area contributed by atoms with Crippen molar-refractivity contribution >= 4 is 29.4 Å². The summed E-state index contributed by atoms with van der Waals surface area (Å²) in [5.41, 5.74) is 0.865. The van der Waals surface area contributed by atoms with Crippen LogP contribution in [0.2, 0.25) is 0 Å². The van der Waals surface area contributed by atoms with Crippen LogP contribution in [0.4, 0.5) is 0 Å². The zero-order valence-corrected chi connectivity index (χ0v) is 22.6. The van der Waals surface area contributed by atoms with Crippen molar-refractivity contribution in [1.29, 1.82) is 0 Å². The molecular formula is C28H34N2O9. The zero-order valence-electron chi connectivity index (χ0n) is 22.6. The molecule has 0 unspecified atom stereocenters. The molecule has 11 heteroatoms. The van der Waals surface area contributed by atoms with Gasteiger partial charge in [-0.1, -0.05) is 13.8 Å². The van der Waals surface area contributed by atoms with Gasteiger partial charge < -0.3 is 30.0 Å². The summed E-state index contributed by atoms with van der Waals surface area (Å²) < 4.78 is 15.8. The van der Waals surface area contributed by atoms with Crippen molar-refractivity contribution in [2.75, 3.05) is 20.8 Å². The van der Waals surface area contributed by atoms with Gasteiger partial charge in [0.15, 0.2) is 11.6 Å². The Kier molecular flexibility index (Phi) is 11.5. The number of amides is 2. The van der Waals surface area contributed by atoms with Crippen LogP contribution in [0.1, 0.15) is 43.1 Å². The molecule has 0 saturated heterocycles. The van der Waals surface area contributed by atoms with E-state index < -0.39 is 54.6 Å². The predicted octanol–water partition coefficient (Wildman–Crippen LogP) is 2.20. The van der Waals surface area contributed by atoms with Crippen molar-refractivity contribution in [2.45, 2.75) is 45.7 Å². The number of carbonyl (C=O) groups is 5. The molecule has 0 heterocycles. The molecule has 11 nitrogen and oxygen atoms in total. The van der Waals surface area contributed by atoms with E-state index in [0.29, 0.717) is 28.4 Å². The van der Waals surface area contributed by atoms with Crippen LogP contribution in [0.15, 0.2) is 42.5 Å². The minimum Gasteiger partial charge on any atom is -0.497 e. The van der Waals surface area contributed by atoms with Gasteiger partial charge in [-0.15, -0.1) is 0 Å². The van der Waals surface area contributed by atoms with E-state index in [-0.39, 0.29) is 12.2 Å². The highest BCUT2D eigenvalue weighted by atomic mass is 16.5. The summed E-state index contributed by atoms with van der Waals surface area (Å²) in [6, 6.07) is 8.73. The minimum absolute atomic E-state index is 0.173. The third kappa shape index (κ3) is 9.44. The van der Waals surface area contributed by atoms with E-state index in [1.54, 1.807) is 56.3 Å². The number of carboxylic acid groups (broad SMARTS) is 1. The molecule has 0 aliphatic rings. The number of methoxy groups -OCH3 is 2. The summed E-state index contributed by atoms with van der Waals surface area (Å²) in [7, 11) is 2.95. The van der Waals surface area contributed by atoms with E-state index in [9.17, 15) is 29.1 Å². The third-order valence-electron chi connectivity index (χ3n) is 5.83. The molecular weight excluding hydrogens is 508 g/mol. The SMILES string of the molecule is COc1ccc(OCC(=O)[C@H](CC(=O)O)NC(=O)[C@@H](NC(=O)Cc2cc(C(C)=O)ccc2OC)C(C)C)cc1. The molecule has 3 N–H and O–H groups in total. The lowest BCUT2D eigenvalue weighted by molar-refractivity contribution is -0.141. The molecule has 39 heavy (non-hydrogen) atoms. The van der Waals surface area contributed by atoms with Crippen LogP contribution >= 0.6 is 0 Å². The Morgan fingerprint density at radius 2 is 1.54 bits per heavy atom. The number of Topliss-reactive ketones (excluding diaryl/α,β-unsaturated/α-hetero) is 2. The van der Waals surface area contributed by atoms with E-state index in [1.807, 2.05) is 0 Å². The first kappa shape index (κ1) is 30.8. The monoisotopic (exact) mass is 542 g/mol. The normalized spacial score (nSPS) is 12.2. The molecule has 2 amide bonds. The van der Waals surface area contributed by atoms with Gasteiger partial charge in [-0.05, 0) is 55.3 Å². The van der Waals surface area contributed by atoms with Crippen LogP contribution in [-0.4, -0.2) is 67.4 Å². The number of hydrogen-bond acceptors (Lipinski definition) is 8. The van der Waals surface area contributed by atoms with Crippen LogP contribution in [0, 0.1) is 5.92 Å². The molecule has 0 spiro atoms. The molecule has 0 aliphatic heterocycles. The predicted molar refractivity (Wildman–Crippen MR) is 141 cm³/mol. The number of rotatable bonds is 15. The van der Waals surface area contributed by atoms with Crippen molar-refractivity contribution in [1.82, 2.24) is 10.6 Å². The molecule has 0 bridgehead atoms. The largest absolute Gasteiger partial charge is 0.497 e. The first-order valence-corrected chi connectivity index (χ1v) is 12.2. The van der Waals surface area contributed by atoms with Crippen molar-refractivity contribution in [3.63, 3.8) is 0 Å². The minimum atomic E-state index is -1.38. The van der Waals surface area contributed by atoms with Gasteiger partial charge in [0.2, 0.25) is 11.8 Å². The number of carboxylic acids is 1. The average molecular weight is 543 g/mol. The van der Waals surface area contributed by atoms with Crippen molar-refractivity contribution in [2.24, 2.45) is 5.92 Å². The Bertz CT molecular complexity index is 1190. The Labute approximate surface area is 226 Å². The van der Waals surface area contributed by atoms with Crippen LogP contribution in [0.3, 0.4) is 0 Å². The number of hydrogen-bond donors (Lipinski definition) is 3. The highest BCUT2D eigenvalue weighted by Crippen LogP contribution is 2.21. The second-order valence-corrected chi connectivity index (χ2v) is 9.14. The Hall–Kier alpha value is -4.41. The van der Waals surface area contributed by atoms with E-state index in [1.165, 1.54) is 21.1 Å². The fourth-order valence-electron chi connectivity index (χ4n) is 3.68. The standard InChI is InChI=1S/C28H34N2O9/c1-16(2)27(30-25(33)13-19-12-18(17(3)31)6-11-24(19)38-5)28(36)29-22(14-26(34)35)23(32)15-39-21-9-7-20(37-4)8-10-21/h6-12,16,22,27H,13-15H2,1-5H3,(H,29,36)(H,30,33)(H,34,35)/t22-,27-/m0/s1. The number of ether oxygens (including phenoxy) is 3. The van der Waals surface area contributed by atoms with Gasteiger partial charge >= 0.3 is 5.97 Å². The highest BCUT2D eigenvalue weighted by Gasteiger charge is 2.30. The summed E-state index contributed by atoms with van der Waals surface area (Å²) in [6.45, 7) is 4.32. The van der Waals surface area contributed by atoms with Gasteiger partial charge in [0, 0.05) is 11.1 Å². The van der Waals surface area contributed by atoms with E-state index in [2.05, 4.69) is 10.6 Å². The van der Waals surface area contributed by atoms with Crippen LogP contribution in [-0.2, 0) is 25.6 Å². The fraction of sp³-hybridized carbons (Fsp3) is 0.393. The van der Waals surface area contributed by atoms with Gasteiger partial charge in [-0.25, -0.2) is 0 Å². The Morgan fingerprint density at radius 3 is 2.08 bits per heavy atom. The number of nitrogens with one attached hydrogen (secondary N) is 2. The van der Waals surface area contributed by atoms with Crippen LogP contribution < -0.4 is 24.8 Å². The Balaban J connectivity index is 2.10. The van der Waals surface area contributed by atoms with Gasteiger partial charge in [-0.2, -0.15) is 0 Å². The van der Waals surface area contributed by atoms with Gasteiger partial charge in [-0.3, -0.25) is 24.0 Å². The smallest absolute Gasteiger partial charge is 0.305 e. The van der Waals surface area contributed by atoms with Crippen LogP contribution in [0.25, 0.3) is 0 Å². The topological polar surface area (TPSA) is 157 Å². The lowest BCUT2D eigenvalue weighted by atomic mass is 10.0. The summed E-state index contributed by atoms with van der Waals surface area (Å²) >= 11 is 0. The summed E-state index contributed by atoms with van der Waals surface area (Å²) in [6.07, 6.45) is -0.835. The van der Waals surface area contributed by atoms with Crippen LogP contribution in [0.5, 0.6) is 17.2 Å². The number of aliphatic carboxylic acids is 1. The lowest BCUT2D eigenvalue weighted by Crippen LogP contribution is -2.54. The molecule has 2 atom stereocenters. The Morgan fingerprint density at radius 1 is 0.897 bits per heavy atom. The first-order valence-electron chi connectivity index (χ1n) is 12.2. The molecule has 210 valence electrons. The van der Waals surface area contributed by atoms with Crippen molar-refractivity contribution < 1.29 is 43.3 Å². The molecule has 2 rings (SSSR count). The number of benzene rings is 2. The lowest BCUT2D eigenvalue weighted by Gasteiger charge is -2.25.